The molecule has 0 saturated heterocycles. The molecule has 0 aliphatic carbocycles. The number of allylic oxidation sites excluding steroid dienone is 1. The summed E-state index contributed by atoms with van der Waals surface area (Å²) in [6.07, 6.45) is 2.00. The summed E-state index contributed by atoms with van der Waals surface area (Å²) in [7, 11) is 1.31. The quantitative estimate of drug-likeness (QED) is 0.657. The van der Waals surface area contributed by atoms with Crippen molar-refractivity contribution in [3.05, 3.63) is 28.5 Å². The van der Waals surface area contributed by atoms with E-state index in [1.807, 2.05) is 31.4 Å². The maximum atomic E-state index is 11.7. The molecule has 98 valence electrons. The molecule has 18 heavy (non-hydrogen) atoms. The van der Waals surface area contributed by atoms with Gasteiger partial charge in [0.15, 0.2) is 0 Å². The number of rotatable bonds is 5. The Morgan fingerprint density at radius 1 is 1.56 bits per heavy atom. The summed E-state index contributed by atoms with van der Waals surface area (Å²) >= 11 is 1.57. The first-order valence-electron chi connectivity index (χ1n) is 5.69. The molecule has 1 rings (SSSR count). The van der Waals surface area contributed by atoms with E-state index >= 15 is 0 Å². The molecule has 1 N–H and O–H groups in total. The maximum Gasteiger partial charge on any atom is 0.328 e. The highest BCUT2D eigenvalue weighted by atomic mass is 32.1. The third kappa shape index (κ3) is 4.00. The highest BCUT2D eigenvalue weighted by Crippen LogP contribution is 2.18. The lowest BCUT2D eigenvalue weighted by molar-refractivity contribution is -0.144. The predicted octanol–water partition coefficient (Wildman–Crippen LogP) is 2.22. The third-order valence-corrected chi connectivity index (χ3v) is 3.47. The van der Waals surface area contributed by atoms with E-state index < -0.39 is 12.0 Å². The molecule has 1 aromatic heterocycles. The number of carbonyl (C=O) groups is 2. The first kappa shape index (κ1) is 14.4. The first-order chi connectivity index (χ1) is 8.58. The van der Waals surface area contributed by atoms with Gasteiger partial charge in [0.2, 0.25) is 5.91 Å². The SMILES string of the molecule is CCC(NC(=O)/C=C(\C)c1cccs1)C(=O)OC. The van der Waals surface area contributed by atoms with Gasteiger partial charge in [-0.05, 0) is 30.4 Å². The van der Waals surface area contributed by atoms with Crippen LogP contribution in [0.15, 0.2) is 23.6 Å². The molecule has 1 aromatic rings. The van der Waals surface area contributed by atoms with Crippen LogP contribution in [0.1, 0.15) is 25.1 Å². The summed E-state index contributed by atoms with van der Waals surface area (Å²) in [6, 6.07) is 3.29. The number of amides is 1. The van der Waals surface area contributed by atoms with E-state index in [-0.39, 0.29) is 5.91 Å². The van der Waals surface area contributed by atoms with Gasteiger partial charge in [-0.2, -0.15) is 0 Å². The molecule has 1 amide bonds. The van der Waals surface area contributed by atoms with E-state index in [2.05, 4.69) is 10.1 Å². The molecule has 0 radical (unpaired) electrons. The van der Waals surface area contributed by atoms with E-state index in [1.165, 1.54) is 13.2 Å². The highest BCUT2D eigenvalue weighted by Gasteiger charge is 2.18. The van der Waals surface area contributed by atoms with E-state index in [4.69, 9.17) is 0 Å². The third-order valence-electron chi connectivity index (χ3n) is 2.47. The number of esters is 1. The average molecular weight is 267 g/mol. The number of nitrogens with one attached hydrogen (secondary N) is 1. The minimum atomic E-state index is -0.588. The van der Waals surface area contributed by atoms with Crippen LogP contribution >= 0.6 is 11.3 Å². The van der Waals surface area contributed by atoms with Crippen LogP contribution in [0.5, 0.6) is 0 Å². The lowest BCUT2D eigenvalue weighted by atomic mass is 10.2. The Labute approximate surface area is 111 Å². The minimum Gasteiger partial charge on any atom is -0.467 e. The molecule has 0 aromatic carbocycles. The fourth-order valence-corrected chi connectivity index (χ4v) is 2.16. The van der Waals surface area contributed by atoms with Gasteiger partial charge >= 0.3 is 5.97 Å². The molecule has 5 heteroatoms. The molecule has 0 aliphatic heterocycles. The zero-order chi connectivity index (χ0) is 13.5. The van der Waals surface area contributed by atoms with Crippen molar-refractivity contribution >= 4 is 28.8 Å². The molecule has 0 bridgehead atoms. The number of methoxy groups -OCH3 is 1. The van der Waals surface area contributed by atoms with Gasteiger partial charge in [-0.1, -0.05) is 13.0 Å². The molecule has 0 spiro atoms. The zero-order valence-corrected chi connectivity index (χ0v) is 11.5. The Balaban J connectivity index is 2.66. The van der Waals surface area contributed by atoms with Crippen molar-refractivity contribution in [3.8, 4) is 0 Å². The van der Waals surface area contributed by atoms with Gasteiger partial charge in [-0.15, -0.1) is 11.3 Å². The highest BCUT2D eigenvalue weighted by molar-refractivity contribution is 7.11. The minimum absolute atomic E-state index is 0.279. The maximum absolute atomic E-state index is 11.7. The van der Waals surface area contributed by atoms with Crippen LogP contribution in [0.25, 0.3) is 5.57 Å². The van der Waals surface area contributed by atoms with Crippen molar-refractivity contribution in [2.75, 3.05) is 7.11 Å². The number of thiophene rings is 1. The standard InChI is InChI=1S/C13H17NO3S/c1-4-10(13(16)17-3)14-12(15)8-9(2)11-6-5-7-18-11/h5-8,10H,4H2,1-3H3,(H,14,15)/b9-8+. The Morgan fingerprint density at radius 3 is 2.78 bits per heavy atom. The van der Waals surface area contributed by atoms with Crippen molar-refractivity contribution in [1.29, 1.82) is 0 Å². The summed E-state index contributed by atoms with van der Waals surface area (Å²) in [6.45, 7) is 3.68. The second-order valence-corrected chi connectivity index (χ2v) is 4.74. The van der Waals surface area contributed by atoms with Crippen LogP contribution in [0.2, 0.25) is 0 Å². The Morgan fingerprint density at radius 2 is 2.28 bits per heavy atom. The van der Waals surface area contributed by atoms with E-state index in [9.17, 15) is 9.59 Å². The molecule has 1 atom stereocenters. The lowest BCUT2D eigenvalue weighted by Crippen LogP contribution is -2.40. The van der Waals surface area contributed by atoms with Crippen LogP contribution in [0.4, 0.5) is 0 Å². The molecular weight excluding hydrogens is 250 g/mol. The summed E-state index contributed by atoms with van der Waals surface area (Å²) in [4.78, 5) is 24.1. The number of hydrogen-bond acceptors (Lipinski definition) is 4. The second-order valence-electron chi connectivity index (χ2n) is 3.80. The summed E-state index contributed by atoms with van der Waals surface area (Å²) < 4.78 is 4.61. The van der Waals surface area contributed by atoms with Gasteiger partial charge in [0, 0.05) is 11.0 Å². The van der Waals surface area contributed by atoms with Crippen molar-refractivity contribution in [3.63, 3.8) is 0 Å². The van der Waals surface area contributed by atoms with Gasteiger partial charge < -0.3 is 10.1 Å². The number of hydrogen-bond donors (Lipinski definition) is 1. The molecule has 0 fully saturated rings. The average Bonchev–Trinajstić information content (AvgIpc) is 2.88. The fourth-order valence-electron chi connectivity index (χ4n) is 1.45. The largest absolute Gasteiger partial charge is 0.467 e. The fraction of sp³-hybridized carbons (Fsp3) is 0.385. The summed E-state index contributed by atoms with van der Waals surface area (Å²) in [5.74, 6) is -0.703. The Hall–Kier alpha value is -1.62. The van der Waals surface area contributed by atoms with Crippen LogP contribution in [0, 0.1) is 0 Å². The van der Waals surface area contributed by atoms with Crippen LogP contribution in [0.3, 0.4) is 0 Å². The normalized spacial score (nSPS) is 12.9. The van der Waals surface area contributed by atoms with Crippen LogP contribution in [-0.4, -0.2) is 25.0 Å². The lowest BCUT2D eigenvalue weighted by Gasteiger charge is -2.13. The predicted molar refractivity (Wildman–Crippen MR) is 72.2 cm³/mol. The summed E-state index contributed by atoms with van der Waals surface area (Å²) in [5, 5.41) is 4.58. The first-order valence-corrected chi connectivity index (χ1v) is 6.57. The zero-order valence-electron chi connectivity index (χ0n) is 10.7. The second kappa shape index (κ2) is 6.96. The molecular formula is C13H17NO3S. The molecule has 4 nitrogen and oxygen atoms in total. The van der Waals surface area contributed by atoms with E-state index in [0.29, 0.717) is 6.42 Å². The van der Waals surface area contributed by atoms with Gasteiger partial charge in [0.25, 0.3) is 0 Å². The smallest absolute Gasteiger partial charge is 0.328 e. The van der Waals surface area contributed by atoms with Gasteiger partial charge in [0.1, 0.15) is 6.04 Å². The Kier molecular flexibility index (Phi) is 5.58. The van der Waals surface area contributed by atoms with Crippen LogP contribution in [-0.2, 0) is 14.3 Å². The summed E-state index contributed by atoms with van der Waals surface area (Å²) in [5.41, 5.74) is 0.877. The van der Waals surface area contributed by atoms with Gasteiger partial charge in [0.05, 0.1) is 7.11 Å². The van der Waals surface area contributed by atoms with E-state index in [1.54, 1.807) is 11.3 Å². The monoisotopic (exact) mass is 267 g/mol. The topological polar surface area (TPSA) is 55.4 Å². The molecule has 1 unspecified atom stereocenters. The molecule has 0 saturated carbocycles. The Bertz CT molecular complexity index is 437. The van der Waals surface area contributed by atoms with E-state index in [0.717, 1.165) is 10.5 Å². The van der Waals surface area contributed by atoms with Crippen molar-refractivity contribution in [2.24, 2.45) is 0 Å². The van der Waals surface area contributed by atoms with Gasteiger partial charge in [-0.25, -0.2) is 4.79 Å². The van der Waals surface area contributed by atoms with Gasteiger partial charge in [-0.3, -0.25) is 4.79 Å². The van der Waals surface area contributed by atoms with Crippen molar-refractivity contribution in [2.45, 2.75) is 26.3 Å². The van der Waals surface area contributed by atoms with Crippen molar-refractivity contribution in [1.82, 2.24) is 5.32 Å². The van der Waals surface area contributed by atoms with Crippen molar-refractivity contribution < 1.29 is 14.3 Å². The molecule has 0 aliphatic rings. The number of ether oxygens (including phenoxy) is 1. The molecule has 1 heterocycles. The van der Waals surface area contributed by atoms with Crippen LogP contribution < -0.4 is 5.32 Å². The number of carbonyl (C=O) groups excluding carboxylic acids is 2.